The lowest BCUT2D eigenvalue weighted by molar-refractivity contribution is 0.122. The van der Waals surface area contributed by atoms with Crippen LogP contribution < -0.4 is 15.1 Å². The van der Waals surface area contributed by atoms with Crippen molar-refractivity contribution in [2.45, 2.75) is 38.4 Å². The van der Waals surface area contributed by atoms with Crippen molar-refractivity contribution in [1.29, 1.82) is 0 Å². The minimum absolute atomic E-state index is 0.00485. The number of pyridine rings is 1. The monoisotopic (exact) mass is 461 g/mol. The number of nitrogens with one attached hydrogen (secondary N) is 1. The molecule has 2 saturated heterocycles. The molecule has 0 saturated carbocycles. The van der Waals surface area contributed by atoms with Crippen LogP contribution in [0.15, 0.2) is 67.1 Å². The van der Waals surface area contributed by atoms with Crippen LogP contribution in [0.3, 0.4) is 0 Å². The maximum Gasteiger partial charge on any atom is 0.174 e. The molecular weight excluding hydrogens is 430 g/mol. The van der Waals surface area contributed by atoms with Crippen LogP contribution in [0.5, 0.6) is 0 Å². The summed E-state index contributed by atoms with van der Waals surface area (Å²) in [6.07, 6.45) is 6.24. The van der Waals surface area contributed by atoms with Gasteiger partial charge in [-0.25, -0.2) is 0 Å². The first kappa shape index (κ1) is 21.9. The molecule has 2 aliphatic rings. The molecule has 0 amide bonds. The summed E-state index contributed by atoms with van der Waals surface area (Å²) in [6, 6.07) is 17.0. The van der Waals surface area contributed by atoms with E-state index >= 15 is 0 Å². The van der Waals surface area contributed by atoms with Gasteiger partial charge in [0.25, 0.3) is 0 Å². The third-order valence-corrected chi connectivity index (χ3v) is 6.75. The van der Waals surface area contributed by atoms with E-state index in [9.17, 15) is 0 Å². The van der Waals surface area contributed by atoms with Gasteiger partial charge in [-0.05, 0) is 81.0 Å². The van der Waals surface area contributed by atoms with E-state index in [-0.39, 0.29) is 17.6 Å². The SMILES string of the molecule is CC(C)(C)n1ccc([C@@H]2[C@@H](c3ccccn3)NC(=S)N2c2ccc(N3CCOCC3)cc2)c1. The number of hydrogen-bond donors (Lipinski definition) is 1. The largest absolute Gasteiger partial charge is 0.378 e. The van der Waals surface area contributed by atoms with Crippen molar-refractivity contribution in [2.75, 3.05) is 36.1 Å². The average Bonchev–Trinajstić information content (AvgIpc) is 3.45. The van der Waals surface area contributed by atoms with Crippen molar-refractivity contribution < 1.29 is 4.74 Å². The number of hydrogen-bond acceptors (Lipinski definition) is 4. The number of anilines is 2. The van der Waals surface area contributed by atoms with E-state index in [1.54, 1.807) is 0 Å². The first-order chi connectivity index (χ1) is 15.9. The summed E-state index contributed by atoms with van der Waals surface area (Å²) in [5.74, 6) is 0. The fourth-order valence-corrected chi connectivity index (χ4v) is 4.97. The highest BCUT2D eigenvalue weighted by molar-refractivity contribution is 7.80. The van der Waals surface area contributed by atoms with Crippen molar-refractivity contribution in [3.05, 3.63) is 78.4 Å². The van der Waals surface area contributed by atoms with E-state index < -0.39 is 0 Å². The van der Waals surface area contributed by atoms with Gasteiger partial charge in [-0.1, -0.05) is 6.07 Å². The standard InChI is InChI=1S/C26H31N5OS/c1-26(2,3)30-13-11-19(18-30)24-23(22-6-4-5-12-27-22)28-25(33)31(24)21-9-7-20(8-10-21)29-14-16-32-17-15-29/h4-13,18,23-24H,14-17H2,1-3H3,(H,28,33)/t23-,24-/m1/s1. The van der Waals surface area contributed by atoms with Gasteiger partial charge < -0.3 is 24.4 Å². The van der Waals surface area contributed by atoms with Crippen LogP contribution in [0.2, 0.25) is 0 Å². The minimum atomic E-state index is -0.0339. The molecule has 172 valence electrons. The van der Waals surface area contributed by atoms with E-state index in [2.05, 4.69) is 94.2 Å². The van der Waals surface area contributed by atoms with E-state index in [0.29, 0.717) is 0 Å². The Kier molecular flexibility index (Phi) is 5.85. The molecule has 0 unspecified atom stereocenters. The van der Waals surface area contributed by atoms with Gasteiger partial charge in [0.2, 0.25) is 0 Å². The number of ether oxygens (including phenoxy) is 1. The summed E-state index contributed by atoms with van der Waals surface area (Å²) < 4.78 is 7.76. The second-order valence-corrected chi connectivity index (χ2v) is 10.0. The quantitative estimate of drug-likeness (QED) is 0.571. The van der Waals surface area contributed by atoms with Gasteiger partial charge in [0, 0.05) is 48.6 Å². The maximum absolute atomic E-state index is 5.87. The van der Waals surface area contributed by atoms with E-state index in [1.165, 1.54) is 11.3 Å². The van der Waals surface area contributed by atoms with Crippen molar-refractivity contribution in [3.63, 3.8) is 0 Å². The lowest BCUT2D eigenvalue weighted by atomic mass is 9.98. The molecule has 7 heteroatoms. The number of nitrogens with zero attached hydrogens (tertiary/aromatic N) is 4. The summed E-state index contributed by atoms with van der Waals surface area (Å²) >= 11 is 5.87. The lowest BCUT2D eigenvalue weighted by Gasteiger charge is -2.30. The molecule has 0 spiro atoms. The molecule has 33 heavy (non-hydrogen) atoms. The van der Waals surface area contributed by atoms with Gasteiger partial charge in [-0.2, -0.15) is 0 Å². The zero-order chi connectivity index (χ0) is 23.0. The zero-order valence-electron chi connectivity index (χ0n) is 19.4. The zero-order valence-corrected chi connectivity index (χ0v) is 20.3. The van der Waals surface area contributed by atoms with Gasteiger partial charge in [0.05, 0.1) is 31.0 Å². The Balaban J connectivity index is 1.51. The van der Waals surface area contributed by atoms with Crippen LogP contribution in [0.25, 0.3) is 0 Å². The van der Waals surface area contributed by atoms with Crippen LogP contribution in [0, 0.1) is 0 Å². The van der Waals surface area contributed by atoms with E-state index in [0.717, 1.165) is 42.8 Å². The fraction of sp³-hybridized carbons (Fsp3) is 0.385. The molecule has 1 aromatic carbocycles. The van der Waals surface area contributed by atoms with Gasteiger partial charge >= 0.3 is 0 Å². The molecule has 1 N–H and O–H groups in total. The molecule has 0 bridgehead atoms. The van der Waals surface area contributed by atoms with Crippen LogP contribution in [0.4, 0.5) is 11.4 Å². The summed E-state index contributed by atoms with van der Waals surface area (Å²) in [4.78, 5) is 9.26. The molecule has 0 aliphatic carbocycles. The maximum atomic E-state index is 5.87. The van der Waals surface area contributed by atoms with Crippen molar-refractivity contribution in [3.8, 4) is 0 Å². The first-order valence-corrected chi connectivity index (χ1v) is 11.9. The topological polar surface area (TPSA) is 45.6 Å². The predicted molar refractivity (Wildman–Crippen MR) is 137 cm³/mol. The third kappa shape index (κ3) is 4.35. The summed E-state index contributed by atoms with van der Waals surface area (Å²) in [6.45, 7) is 10.1. The van der Waals surface area contributed by atoms with Crippen molar-refractivity contribution in [2.24, 2.45) is 0 Å². The highest BCUT2D eigenvalue weighted by Crippen LogP contribution is 2.42. The van der Waals surface area contributed by atoms with Crippen LogP contribution in [-0.2, 0) is 10.3 Å². The molecule has 4 heterocycles. The first-order valence-electron chi connectivity index (χ1n) is 11.5. The van der Waals surface area contributed by atoms with E-state index in [1.807, 2.05) is 18.3 Å². The average molecular weight is 462 g/mol. The molecule has 2 atom stereocenters. The summed E-state index contributed by atoms with van der Waals surface area (Å²) in [5.41, 5.74) is 4.51. The smallest absolute Gasteiger partial charge is 0.174 e. The third-order valence-electron chi connectivity index (χ3n) is 6.43. The van der Waals surface area contributed by atoms with E-state index in [4.69, 9.17) is 17.0 Å². The highest BCUT2D eigenvalue weighted by atomic mass is 32.1. The Hall–Kier alpha value is -2.90. The Morgan fingerprint density at radius 1 is 1.00 bits per heavy atom. The normalized spacial score (nSPS) is 21.4. The van der Waals surface area contributed by atoms with Crippen molar-refractivity contribution >= 4 is 28.7 Å². The molecule has 2 aliphatic heterocycles. The number of morpholine rings is 1. The predicted octanol–water partition coefficient (Wildman–Crippen LogP) is 4.65. The number of rotatable bonds is 4. The molecule has 5 rings (SSSR count). The minimum Gasteiger partial charge on any atom is -0.378 e. The summed E-state index contributed by atoms with van der Waals surface area (Å²) in [7, 11) is 0. The second kappa shape index (κ2) is 8.80. The highest BCUT2D eigenvalue weighted by Gasteiger charge is 2.41. The molecule has 3 aromatic rings. The Morgan fingerprint density at radius 2 is 1.73 bits per heavy atom. The van der Waals surface area contributed by atoms with Crippen LogP contribution >= 0.6 is 12.2 Å². The summed E-state index contributed by atoms with van der Waals surface area (Å²) in [5, 5.41) is 4.27. The number of thiocarbonyl (C=S) groups is 1. The molecule has 2 aromatic heterocycles. The number of aromatic nitrogens is 2. The lowest BCUT2D eigenvalue weighted by Crippen LogP contribution is -2.36. The van der Waals surface area contributed by atoms with Gasteiger partial charge in [-0.3, -0.25) is 4.98 Å². The fourth-order valence-electron chi connectivity index (χ4n) is 4.62. The van der Waals surface area contributed by atoms with Gasteiger partial charge in [-0.15, -0.1) is 0 Å². The Labute approximate surface area is 201 Å². The second-order valence-electron chi connectivity index (χ2n) is 9.64. The van der Waals surface area contributed by atoms with Crippen LogP contribution in [0.1, 0.15) is 44.1 Å². The molecule has 0 radical (unpaired) electrons. The molecule has 2 fully saturated rings. The number of benzene rings is 1. The Bertz CT molecular complexity index is 1100. The van der Waals surface area contributed by atoms with Gasteiger partial charge in [0.15, 0.2) is 5.11 Å². The molecular formula is C26H31N5OS. The van der Waals surface area contributed by atoms with Gasteiger partial charge in [0.1, 0.15) is 0 Å². The van der Waals surface area contributed by atoms with Crippen molar-refractivity contribution in [1.82, 2.24) is 14.9 Å². The molecule has 6 nitrogen and oxygen atoms in total. The van der Waals surface area contributed by atoms with Crippen LogP contribution in [-0.4, -0.2) is 41.0 Å². The Morgan fingerprint density at radius 3 is 2.36 bits per heavy atom.